The molecule has 0 spiro atoms. The third-order valence-corrected chi connectivity index (χ3v) is 46.4. The molecule has 16 nitrogen and oxygen atoms in total. The van der Waals surface area contributed by atoms with Crippen LogP contribution in [0.4, 0.5) is 0 Å². The van der Waals surface area contributed by atoms with E-state index in [1.165, 1.54) is 12.5 Å². The molecule has 0 radical (unpaired) electrons. The summed E-state index contributed by atoms with van der Waals surface area (Å²) in [5.41, 5.74) is 4.64. The zero-order valence-electron chi connectivity index (χ0n) is 80.9. The van der Waals surface area contributed by atoms with Crippen LogP contribution >= 0.6 is 0 Å². The lowest BCUT2D eigenvalue weighted by molar-refractivity contribution is -0.137. The lowest BCUT2D eigenvalue weighted by Gasteiger charge is -2.45. The highest BCUT2D eigenvalue weighted by Gasteiger charge is 2.52. The van der Waals surface area contributed by atoms with Gasteiger partial charge >= 0.3 is 51.4 Å². The van der Waals surface area contributed by atoms with Crippen LogP contribution in [0.2, 0.25) is 63.0 Å². The van der Waals surface area contributed by atoms with E-state index in [9.17, 15) is 9.59 Å². The molecule has 0 saturated heterocycles. The molecule has 0 N–H and O–H groups in total. The van der Waals surface area contributed by atoms with Gasteiger partial charge in [-0.2, -0.15) is 0 Å². The van der Waals surface area contributed by atoms with Crippen molar-refractivity contribution in [1.82, 2.24) is 9.80 Å². The first kappa shape index (κ1) is 116. The molecule has 110 heavy (non-hydrogen) atoms. The first-order valence-corrected chi connectivity index (χ1v) is 56.6. The van der Waals surface area contributed by atoms with E-state index < -0.39 is 51.4 Å². The Morgan fingerprint density at radius 3 is 0.691 bits per heavy atom. The molecule has 0 aliphatic heterocycles. The summed E-state index contributed by atoms with van der Waals surface area (Å²) in [6.07, 6.45) is 8.80. The zero-order chi connectivity index (χ0) is 87.0. The molecule has 22 heteroatoms. The van der Waals surface area contributed by atoms with Gasteiger partial charge in [0.05, 0.1) is 0 Å². The molecule has 0 rings (SSSR count). The Kier molecular flexibility index (Phi) is 60.3. The Morgan fingerprint density at radius 2 is 0.527 bits per heavy atom. The molecule has 0 aliphatic rings. The number of rotatable bonds is 56. The molecule has 2 amide bonds. The van der Waals surface area contributed by atoms with Crippen LogP contribution in [0.15, 0.2) is 24.9 Å². The van der Waals surface area contributed by atoms with Gasteiger partial charge in [0.1, 0.15) is 0 Å². The Morgan fingerprint density at radius 1 is 0.291 bits per heavy atom. The van der Waals surface area contributed by atoms with Gasteiger partial charge in [-0.05, 0) is 292 Å². The monoisotopic (exact) mass is 1670 g/mol. The standard InChI is InChI=1S/C33H71NO5Si2.C27H57NO5Si2.C17H38O2Si.C11H24O2Si/c1-24(2)23-32(25(3)4)33(35)34(19-17-21-40(30(13)14,36-26(5)6)37-27(7)8)20-18-22-41(31(15)16,38-28(9)10)39-29(11)12;1-14-27(29)28(17-15-19-34(25(10)11,30-21(2)3)31-22(4)5)18-16-20-35(26(12)13,32-23(6)7)33-24(8)9;1-12(2)11-17(13(3)4)20(16(9)10,18-14(5)6)19-15(7)8;1-8-14(11(6)7,12-9(2)3)13-10(4)5/h24-32H,17-23H2,1-16H3;14,21-26H,1,15-20H2,2-13H3;12-17H,11H2,1-10H3;8-11H,1H2,2-7H3. The van der Waals surface area contributed by atoms with Gasteiger partial charge in [0.15, 0.2) is 0 Å². The topological polar surface area (TPSA) is 151 Å². The summed E-state index contributed by atoms with van der Waals surface area (Å²) in [6, 6.07) is 3.50. The molecule has 0 aromatic heterocycles. The molecule has 2 atom stereocenters. The molecule has 0 heterocycles. The maximum absolute atomic E-state index is 14.1. The lowest BCUT2D eigenvalue weighted by atomic mass is 9.86. The third kappa shape index (κ3) is 46.0. The second-order valence-electron chi connectivity index (χ2n) is 38.1. The van der Waals surface area contributed by atoms with E-state index in [4.69, 9.17) is 53.1 Å². The summed E-state index contributed by atoms with van der Waals surface area (Å²) in [5, 5.41) is 0. The van der Waals surface area contributed by atoms with Crippen molar-refractivity contribution < 1.29 is 62.7 Å². The van der Waals surface area contributed by atoms with Crippen molar-refractivity contribution >= 4 is 63.2 Å². The van der Waals surface area contributed by atoms with Crippen molar-refractivity contribution in [2.24, 2.45) is 29.6 Å². The SMILES string of the molecule is C=CC(=O)N(CCC[Si](OC(C)C)(OC(C)C)C(C)C)CCC[Si](OC(C)C)(OC(C)C)C(C)C.C=C[Si](OC(C)C)(OC(C)C)C(C)C.CC(C)CC(C(=O)N(CCC[Si](OC(C)C)(OC(C)C)C(C)C)CCC[Si](OC(C)C)(OC(C)C)C(C)C)C(C)C.CC(C)CC(C(C)C)[Si](OC(C)C)(OC(C)C)C(C)C. The summed E-state index contributed by atoms with van der Waals surface area (Å²) < 4.78 is 77.3. The first-order chi connectivity index (χ1) is 50.2. The zero-order valence-corrected chi connectivity index (χ0v) is 86.9. The fourth-order valence-corrected chi connectivity index (χ4v) is 37.1. The van der Waals surface area contributed by atoms with Crippen LogP contribution in [-0.2, 0) is 62.7 Å². The van der Waals surface area contributed by atoms with Gasteiger partial charge in [0.2, 0.25) is 11.8 Å². The van der Waals surface area contributed by atoms with E-state index in [2.05, 4.69) is 295 Å². The molecule has 0 bridgehead atoms. The highest BCUT2D eigenvalue weighted by molar-refractivity contribution is 6.74. The minimum Gasteiger partial charge on any atom is -0.392 e. The predicted molar refractivity (Wildman–Crippen MR) is 487 cm³/mol. The highest BCUT2D eigenvalue weighted by Crippen LogP contribution is 2.45. The molecule has 2 unspecified atom stereocenters. The number of hydrogen-bond acceptors (Lipinski definition) is 14. The number of carbonyl (C=O) groups is 2. The van der Waals surface area contributed by atoms with E-state index >= 15 is 0 Å². The van der Waals surface area contributed by atoms with E-state index in [1.807, 2.05) is 38.3 Å². The van der Waals surface area contributed by atoms with Crippen molar-refractivity contribution in [1.29, 1.82) is 0 Å². The number of hydrogen-bond donors (Lipinski definition) is 0. The van der Waals surface area contributed by atoms with Gasteiger partial charge in [-0.15, -0.1) is 6.58 Å². The summed E-state index contributed by atoms with van der Waals surface area (Å²) in [5.74, 6) is 2.38. The fourth-order valence-electron chi connectivity index (χ4n) is 14.7. The second kappa shape index (κ2) is 57.4. The van der Waals surface area contributed by atoms with Gasteiger partial charge in [0.25, 0.3) is 0 Å². The molecular weight excluding hydrogens is 1480 g/mol. The molecule has 0 aliphatic carbocycles. The second-order valence-corrected chi connectivity index (χ2v) is 60.3. The number of nitrogens with zero attached hydrogens (tertiary/aromatic N) is 2. The van der Waals surface area contributed by atoms with Crippen LogP contribution in [0.3, 0.4) is 0 Å². The number of carbonyl (C=O) groups excluding carboxylic acids is 2. The van der Waals surface area contributed by atoms with Crippen LogP contribution in [0.5, 0.6) is 0 Å². The average Bonchev–Trinajstić information content (AvgIpc) is 0.791. The Balaban J connectivity index is -0.000000731. The molecule has 660 valence electrons. The highest BCUT2D eigenvalue weighted by atomic mass is 28.4. The normalized spacial score (nSPS) is 13.9. The van der Waals surface area contributed by atoms with Crippen molar-refractivity contribution in [3.05, 3.63) is 24.9 Å². The van der Waals surface area contributed by atoms with E-state index in [0.29, 0.717) is 81.5 Å². The first-order valence-electron chi connectivity index (χ1n) is 44.2. The van der Waals surface area contributed by atoms with Gasteiger partial charge in [-0.25, -0.2) is 0 Å². The molecule has 0 aromatic carbocycles. The van der Waals surface area contributed by atoms with Crippen molar-refractivity contribution in [3.63, 3.8) is 0 Å². The van der Waals surface area contributed by atoms with Gasteiger partial charge in [0, 0.05) is 116 Å². The smallest absolute Gasteiger partial charge is 0.367 e. The van der Waals surface area contributed by atoms with Gasteiger partial charge < -0.3 is 62.9 Å². The third-order valence-electron chi connectivity index (χ3n) is 19.1. The van der Waals surface area contributed by atoms with Gasteiger partial charge in [-0.1, -0.05) is 145 Å². The van der Waals surface area contributed by atoms with Crippen molar-refractivity contribution in [2.45, 2.75) is 479 Å². The van der Waals surface area contributed by atoms with Crippen molar-refractivity contribution in [2.75, 3.05) is 26.2 Å². The summed E-state index contributed by atoms with van der Waals surface area (Å²) in [6.45, 7) is 105. The maximum Gasteiger partial charge on any atom is 0.367 e. The molecular formula is C88H190N2O14Si6. The van der Waals surface area contributed by atoms with Gasteiger partial charge in [-0.3, -0.25) is 9.59 Å². The lowest BCUT2D eigenvalue weighted by Crippen LogP contribution is -2.54. The van der Waals surface area contributed by atoms with Crippen LogP contribution in [0.25, 0.3) is 0 Å². The number of amides is 2. The Bertz CT molecular complexity index is 2200. The van der Waals surface area contributed by atoms with E-state index in [-0.39, 0.29) is 85.1 Å². The quantitative estimate of drug-likeness (QED) is 0.0419. The minimum absolute atomic E-state index is 0.0252. The molecule has 0 fully saturated rings. The maximum atomic E-state index is 14.1. The fraction of sp³-hybridized carbons (Fsp3) is 0.932. The summed E-state index contributed by atoms with van der Waals surface area (Å²) in [7, 11) is -14.2. The van der Waals surface area contributed by atoms with Crippen LogP contribution in [0.1, 0.15) is 343 Å². The largest absolute Gasteiger partial charge is 0.392 e. The summed E-state index contributed by atoms with van der Waals surface area (Å²) in [4.78, 5) is 30.9. The molecule has 0 saturated carbocycles. The van der Waals surface area contributed by atoms with Crippen LogP contribution in [-0.4, -0.2) is 172 Å². The van der Waals surface area contributed by atoms with Crippen LogP contribution < -0.4 is 0 Å². The van der Waals surface area contributed by atoms with Crippen LogP contribution in [0, 0.1) is 29.6 Å². The Labute approximate surface area is 691 Å². The van der Waals surface area contributed by atoms with E-state index in [1.54, 1.807) is 0 Å². The average molecular weight is 1670 g/mol. The summed E-state index contributed by atoms with van der Waals surface area (Å²) >= 11 is 0. The van der Waals surface area contributed by atoms with Crippen molar-refractivity contribution in [3.8, 4) is 0 Å². The predicted octanol–water partition coefficient (Wildman–Crippen LogP) is 25.7. The Hall–Kier alpha value is -0.759. The van der Waals surface area contributed by atoms with E-state index in [0.717, 1.165) is 69.4 Å². The molecule has 0 aromatic rings. The minimum atomic E-state index is -2.46.